The highest BCUT2D eigenvalue weighted by molar-refractivity contribution is 8.00. The second kappa shape index (κ2) is 8.74. The van der Waals surface area contributed by atoms with E-state index in [-0.39, 0.29) is 28.9 Å². The first-order valence-electron chi connectivity index (χ1n) is 10.5. The average Bonchev–Trinajstić information content (AvgIpc) is 2.97. The molecule has 1 fully saturated rings. The van der Waals surface area contributed by atoms with Gasteiger partial charge in [-0.2, -0.15) is 0 Å². The van der Waals surface area contributed by atoms with Crippen molar-refractivity contribution in [3.05, 3.63) is 33.6 Å². The maximum atomic E-state index is 13.2. The lowest BCUT2D eigenvalue weighted by Crippen LogP contribution is -2.36. The maximum absolute atomic E-state index is 13.2. The number of ether oxygens (including phenoxy) is 4. The fraction of sp³-hybridized carbons (Fsp3) is 0.545. The van der Waals surface area contributed by atoms with Crippen LogP contribution in [0.2, 0.25) is 0 Å². The summed E-state index contributed by atoms with van der Waals surface area (Å²) in [5.74, 6) is 2.16. The first kappa shape index (κ1) is 22.6. The molecule has 2 aromatic rings. The normalized spacial score (nSPS) is 22.5. The van der Waals surface area contributed by atoms with E-state index in [1.807, 2.05) is 24.6 Å². The zero-order valence-corrected chi connectivity index (χ0v) is 19.8. The standard InChI is InChI=1S/C22H29N3O6S/c1-22(2)10-12(6-7-31-22)25-20-18(21(27)24-25)19(32-11-17(26)23-20)13-8-15(29-4)16(30-5)9-14(13)28-3/h8-9,12,19H,6-7,10-11H2,1-5H3,(H,23,26)(H,24,27)/t12-,19-/m1/s1. The third-order valence-electron chi connectivity index (χ3n) is 5.92. The van der Waals surface area contributed by atoms with E-state index in [1.165, 1.54) is 11.8 Å². The van der Waals surface area contributed by atoms with Crippen LogP contribution in [0.5, 0.6) is 17.2 Å². The Morgan fingerprint density at radius 1 is 1.09 bits per heavy atom. The van der Waals surface area contributed by atoms with Crippen molar-refractivity contribution in [1.29, 1.82) is 0 Å². The zero-order valence-electron chi connectivity index (χ0n) is 18.9. The maximum Gasteiger partial charge on any atom is 0.270 e. The van der Waals surface area contributed by atoms with E-state index in [4.69, 9.17) is 18.9 Å². The smallest absolute Gasteiger partial charge is 0.270 e. The van der Waals surface area contributed by atoms with Gasteiger partial charge in [-0.15, -0.1) is 11.8 Å². The Morgan fingerprint density at radius 3 is 2.44 bits per heavy atom. The average molecular weight is 464 g/mol. The summed E-state index contributed by atoms with van der Waals surface area (Å²) in [4.78, 5) is 25.9. The summed E-state index contributed by atoms with van der Waals surface area (Å²) >= 11 is 1.38. The van der Waals surface area contributed by atoms with Crippen LogP contribution < -0.4 is 25.1 Å². The highest BCUT2D eigenvalue weighted by Gasteiger charge is 2.37. The Labute approximate surface area is 190 Å². The SMILES string of the molecule is COc1cc(OC)c([C@H]2SCC(=O)Nc3c2c(=O)[nH]n3[C@@H]2CCOC(C)(C)C2)cc1OC. The number of carbonyl (C=O) groups is 1. The fourth-order valence-corrected chi connectivity index (χ4v) is 5.58. The zero-order chi connectivity index (χ0) is 23.0. The van der Waals surface area contributed by atoms with E-state index < -0.39 is 5.25 Å². The molecule has 0 spiro atoms. The third-order valence-corrected chi connectivity index (χ3v) is 7.17. The molecule has 0 saturated carbocycles. The van der Waals surface area contributed by atoms with Crippen molar-refractivity contribution >= 4 is 23.5 Å². The number of hydrogen-bond acceptors (Lipinski definition) is 7. The number of thioether (sulfide) groups is 1. The van der Waals surface area contributed by atoms with Gasteiger partial charge >= 0.3 is 0 Å². The quantitative estimate of drug-likeness (QED) is 0.702. The Morgan fingerprint density at radius 2 is 1.78 bits per heavy atom. The molecule has 0 radical (unpaired) electrons. The van der Waals surface area contributed by atoms with Crippen LogP contribution in [0.3, 0.4) is 0 Å². The lowest BCUT2D eigenvalue weighted by atomic mass is 9.94. The molecule has 1 amide bonds. The lowest BCUT2D eigenvalue weighted by molar-refractivity contribution is -0.113. The lowest BCUT2D eigenvalue weighted by Gasteiger charge is -2.36. The van der Waals surface area contributed by atoms with Crippen molar-refractivity contribution in [2.45, 2.75) is 43.6 Å². The summed E-state index contributed by atoms with van der Waals surface area (Å²) in [5, 5.41) is 5.51. The van der Waals surface area contributed by atoms with Crippen molar-refractivity contribution in [1.82, 2.24) is 9.78 Å². The van der Waals surface area contributed by atoms with E-state index in [2.05, 4.69) is 10.4 Å². The number of benzene rings is 1. The number of hydrogen-bond donors (Lipinski definition) is 2. The van der Waals surface area contributed by atoms with Crippen LogP contribution in [0.1, 0.15) is 49.1 Å². The summed E-state index contributed by atoms with van der Waals surface area (Å²) < 4.78 is 24.2. The van der Waals surface area contributed by atoms with Gasteiger partial charge in [0.1, 0.15) is 11.6 Å². The molecular weight excluding hydrogens is 434 g/mol. The number of methoxy groups -OCH3 is 3. The largest absolute Gasteiger partial charge is 0.496 e. The number of carbonyl (C=O) groups excluding carboxylic acids is 1. The monoisotopic (exact) mass is 463 g/mol. The van der Waals surface area contributed by atoms with Gasteiger partial charge in [0.05, 0.1) is 49.5 Å². The van der Waals surface area contributed by atoms with Crippen LogP contribution in [0.25, 0.3) is 0 Å². The van der Waals surface area contributed by atoms with Crippen molar-refractivity contribution in [2.75, 3.05) is 39.0 Å². The van der Waals surface area contributed by atoms with Crippen LogP contribution in [0.15, 0.2) is 16.9 Å². The molecule has 3 heterocycles. The molecule has 174 valence electrons. The Balaban J connectivity index is 1.86. The second-order valence-electron chi connectivity index (χ2n) is 8.52. The molecule has 1 aromatic heterocycles. The van der Waals surface area contributed by atoms with Crippen molar-refractivity contribution in [3.8, 4) is 17.2 Å². The predicted octanol–water partition coefficient (Wildman–Crippen LogP) is 3.11. The first-order chi connectivity index (χ1) is 15.3. The first-order valence-corrected chi connectivity index (χ1v) is 11.5. The van der Waals surface area contributed by atoms with Crippen LogP contribution in [-0.2, 0) is 9.53 Å². The van der Waals surface area contributed by atoms with Crippen LogP contribution in [-0.4, -0.2) is 55.0 Å². The molecule has 4 rings (SSSR count). The molecule has 1 saturated heterocycles. The number of aromatic nitrogens is 2. The molecule has 2 aliphatic rings. The van der Waals surface area contributed by atoms with E-state index >= 15 is 0 Å². The molecule has 32 heavy (non-hydrogen) atoms. The molecule has 2 N–H and O–H groups in total. The van der Waals surface area contributed by atoms with Crippen molar-refractivity contribution in [2.24, 2.45) is 0 Å². The molecule has 0 bridgehead atoms. The van der Waals surface area contributed by atoms with Crippen molar-refractivity contribution < 1.29 is 23.7 Å². The Hall–Kier alpha value is -2.59. The number of anilines is 1. The fourth-order valence-electron chi connectivity index (χ4n) is 4.44. The second-order valence-corrected chi connectivity index (χ2v) is 9.61. The highest BCUT2D eigenvalue weighted by Crippen LogP contribution is 2.47. The van der Waals surface area contributed by atoms with E-state index in [1.54, 1.807) is 27.4 Å². The van der Waals surface area contributed by atoms with Gasteiger partial charge in [0.15, 0.2) is 11.5 Å². The van der Waals surface area contributed by atoms with Gasteiger partial charge in [-0.25, -0.2) is 0 Å². The molecule has 9 nitrogen and oxygen atoms in total. The van der Waals surface area contributed by atoms with Crippen LogP contribution >= 0.6 is 11.8 Å². The number of nitrogens with one attached hydrogen (secondary N) is 2. The number of H-pyrrole nitrogens is 1. The number of aromatic amines is 1. The van der Waals surface area contributed by atoms with Gasteiger partial charge in [-0.3, -0.25) is 19.4 Å². The van der Waals surface area contributed by atoms with Gasteiger partial charge in [0.25, 0.3) is 5.56 Å². The number of rotatable bonds is 5. The highest BCUT2D eigenvalue weighted by atomic mass is 32.2. The number of amides is 1. The minimum absolute atomic E-state index is 0.00606. The summed E-state index contributed by atoms with van der Waals surface area (Å²) in [6.07, 6.45) is 1.46. The van der Waals surface area contributed by atoms with E-state index in [0.717, 1.165) is 18.4 Å². The topological polar surface area (TPSA) is 104 Å². The van der Waals surface area contributed by atoms with Gasteiger partial charge in [-0.1, -0.05) is 0 Å². The van der Waals surface area contributed by atoms with E-state index in [9.17, 15) is 9.59 Å². The third kappa shape index (κ3) is 4.09. The van der Waals surface area contributed by atoms with Gasteiger partial charge < -0.3 is 24.3 Å². The minimum atomic E-state index is -0.434. The van der Waals surface area contributed by atoms with Gasteiger partial charge in [-0.05, 0) is 32.8 Å². The summed E-state index contributed by atoms with van der Waals surface area (Å²) in [7, 11) is 4.68. The molecular formula is C22H29N3O6S. The molecule has 1 aromatic carbocycles. The van der Waals surface area contributed by atoms with Crippen LogP contribution in [0, 0.1) is 0 Å². The summed E-state index contributed by atoms with van der Waals surface area (Å²) in [6, 6.07) is 3.55. The number of fused-ring (bicyclic) bond motifs is 1. The van der Waals surface area contributed by atoms with E-state index in [0.29, 0.717) is 35.2 Å². The predicted molar refractivity (Wildman–Crippen MR) is 122 cm³/mol. The number of nitrogens with zero attached hydrogens (tertiary/aromatic N) is 1. The molecule has 2 atom stereocenters. The summed E-state index contributed by atoms with van der Waals surface area (Å²) in [5.41, 5.74) is 0.687. The summed E-state index contributed by atoms with van der Waals surface area (Å²) in [6.45, 7) is 4.65. The van der Waals surface area contributed by atoms with Crippen molar-refractivity contribution in [3.63, 3.8) is 0 Å². The Kier molecular flexibility index (Phi) is 6.17. The molecule has 2 aliphatic heterocycles. The molecule has 0 aliphatic carbocycles. The van der Waals surface area contributed by atoms with Gasteiger partial charge in [0.2, 0.25) is 5.91 Å². The van der Waals surface area contributed by atoms with Gasteiger partial charge in [0, 0.05) is 18.2 Å². The Bertz CT molecular complexity index is 1080. The molecule has 0 unspecified atom stereocenters. The molecule has 10 heteroatoms. The minimum Gasteiger partial charge on any atom is -0.496 e. The van der Waals surface area contributed by atoms with Crippen LogP contribution in [0.4, 0.5) is 5.82 Å².